The van der Waals surface area contributed by atoms with Gasteiger partial charge in [0.1, 0.15) is 0 Å². The van der Waals surface area contributed by atoms with E-state index < -0.39 is 6.04 Å². The lowest BCUT2D eigenvalue weighted by molar-refractivity contribution is -0.122. The maximum Gasteiger partial charge on any atom is 0.236 e. The molecule has 0 saturated heterocycles. The van der Waals surface area contributed by atoms with Crippen LogP contribution in [0.5, 0.6) is 0 Å². The van der Waals surface area contributed by atoms with Crippen molar-refractivity contribution >= 4 is 11.8 Å². The fourth-order valence-electron chi connectivity index (χ4n) is 0.813. The van der Waals surface area contributed by atoms with Crippen LogP contribution in [0.4, 0.5) is 0 Å². The van der Waals surface area contributed by atoms with Crippen LogP contribution in [-0.2, 0) is 9.59 Å². The van der Waals surface area contributed by atoms with Gasteiger partial charge in [0.15, 0.2) is 0 Å². The third-order valence-electron chi connectivity index (χ3n) is 1.64. The summed E-state index contributed by atoms with van der Waals surface area (Å²) in [4.78, 5) is 22.0. The van der Waals surface area contributed by atoms with Crippen LogP contribution in [-0.4, -0.2) is 30.9 Å². The first kappa shape index (κ1) is 12.9. The summed E-state index contributed by atoms with van der Waals surface area (Å²) in [5.74, 6) is -0.273. The molecule has 0 fully saturated rings. The number of hydrogen-bond acceptors (Lipinski definition) is 3. The van der Waals surface area contributed by atoms with Gasteiger partial charge >= 0.3 is 0 Å². The van der Waals surface area contributed by atoms with Gasteiger partial charge in [-0.1, -0.05) is 6.92 Å². The fraction of sp³-hybridized carbons (Fsp3) is 0.778. The van der Waals surface area contributed by atoms with E-state index in [1.54, 1.807) is 6.92 Å². The molecule has 0 rings (SSSR count). The first-order valence-corrected chi connectivity index (χ1v) is 4.88. The molecule has 1 unspecified atom stereocenters. The molecule has 0 heterocycles. The van der Waals surface area contributed by atoms with Gasteiger partial charge in [0.25, 0.3) is 0 Å². The minimum atomic E-state index is -0.520. The predicted molar refractivity (Wildman–Crippen MR) is 54.6 cm³/mol. The second-order valence-electron chi connectivity index (χ2n) is 3.18. The largest absolute Gasteiger partial charge is 0.356 e. The van der Waals surface area contributed by atoms with E-state index in [1.165, 1.54) is 0 Å². The molecular formula is C9H19N3O2. The van der Waals surface area contributed by atoms with Gasteiger partial charge in [0.2, 0.25) is 11.8 Å². The summed E-state index contributed by atoms with van der Waals surface area (Å²) in [6, 6.07) is -0.520. The maximum absolute atomic E-state index is 11.1. The lowest BCUT2D eigenvalue weighted by Crippen LogP contribution is -2.40. The summed E-state index contributed by atoms with van der Waals surface area (Å²) in [6.07, 6.45) is 1.22. The number of nitrogens with two attached hydrogens (primary N) is 1. The van der Waals surface area contributed by atoms with Gasteiger partial charge in [0.05, 0.1) is 6.04 Å². The summed E-state index contributed by atoms with van der Waals surface area (Å²) >= 11 is 0. The van der Waals surface area contributed by atoms with E-state index in [1.807, 2.05) is 6.92 Å². The lowest BCUT2D eigenvalue weighted by atomic mass is 10.3. The van der Waals surface area contributed by atoms with Gasteiger partial charge in [-0.15, -0.1) is 0 Å². The van der Waals surface area contributed by atoms with E-state index in [0.29, 0.717) is 19.5 Å². The molecule has 14 heavy (non-hydrogen) atoms. The molecule has 0 radical (unpaired) electrons. The summed E-state index contributed by atoms with van der Waals surface area (Å²) in [7, 11) is 0. The molecule has 5 heteroatoms. The summed E-state index contributed by atoms with van der Waals surface area (Å²) in [5.41, 5.74) is 5.32. The van der Waals surface area contributed by atoms with Crippen LogP contribution in [0.2, 0.25) is 0 Å². The molecule has 0 aliphatic carbocycles. The Balaban J connectivity index is 3.44. The molecular weight excluding hydrogens is 182 g/mol. The maximum atomic E-state index is 11.1. The molecule has 4 N–H and O–H groups in total. The third-order valence-corrected chi connectivity index (χ3v) is 1.64. The number of carbonyl (C=O) groups excluding carboxylic acids is 2. The van der Waals surface area contributed by atoms with Gasteiger partial charge in [-0.05, 0) is 13.3 Å². The van der Waals surface area contributed by atoms with E-state index in [0.717, 1.165) is 6.42 Å². The summed E-state index contributed by atoms with van der Waals surface area (Å²) in [5, 5.41) is 5.28. The van der Waals surface area contributed by atoms with E-state index in [-0.39, 0.29) is 11.8 Å². The van der Waals surface area contributed by atoms with Crippen LogP contribution in [0.1, 0.15) is 26.7 Å². The van der Waals surface area contributed by atoms with E-state index in [9.17, 15) is 9.59 Å². The molecule has 0 aromatic carbocycles. The number of amides is 2. The summed E-state index contributed by atoms with van der Waals surface area (Å²) < 4.78 is 0. The van der Waals surface area contributed by atoms with Crippen molar-refractivity contribution in [2.45, 2.75) is 32.7 Å². The number of nitrogens with one attached hydrogen (secondary N) is 2. The Morgan fingerprint density at radius 1 is 1.29 bits per heavy atom. The van der Waals surface area contributed by atoms with Gasteiger partial charge in [-0.3, -0.25) is 9.59 Å². The van der Waals surface area contributed by atoms with Gasteiger partial charge in [0, 0.05) is 19.5 Å². The van der Waals surface area contributed by atoms with Crippen molar-refractivity contribution in [2.75, 3.05) is 13.1 Å². The zero-order valence-electron chi connectivity index (χ0n) is 8.80. The third kappa shape index (κ3) is 6.42. The van der Waals surface area contributed by atoms with Gasteiger partial charge < -0.3 is 16.4 Å². The van der Waals surface area contributed by atoms with Crippen molar-refractivity contribution < 1.29 is 9.59 Å². The molecule has 0 spiro atoms. The Morgan fingerprint density at radius 3 is 2.43 bits per heavy atom. The molecule has 5 nitrogen and oxygen atoms in total. The zero-order chi connectivity index (χ0) is 11.0. The van der Waals surface area contributed by atoms with E-state index in [4.69, 9.17) is 5.73 Å². The number of carbonyl (C=O) groups is 2. The predicted octanol–water partition coefficient (Wildman–Crippen LogP) is -0.634. The smallest absolute Gasteiger partial charge is 0.236 e. The minimum Gasteiger partial charge on any atom is -0.356 e. The monoisotopic (exact) mass is 201 g/mol. The van der Waals surface area contributed by atoms with Crippen LogP contribution in [0.3, 0.4) is 0 Å². The van der Waals surface area contributed by atoms with Crippen LogP contribution in [0.25, 0.3) is 0 Å². The van der Waals surface area contributed by atoms with Gasteiger partial charge in [-0.2, -0.15) is 0 Å². The van der Waals surface area contributed by atoms with Crippen molar-refractivity contribution in [1.82, 2.24) is 10.6 Å². The quantitative estimate of drug-likeness (QED) is 0.535. The van der Waals surface area contributed by atoms with Crippen LogP contribution in [0.15, 0.2) is 0 Å². The standard InChI is InChI=1S/C9H19N3O2/c1-3-5-11-8(13)4-6-12-9(14)7(2)10/h7H,3-6,10H2,1-2H3,(H,11,13)(H,12,14). The van der Waals surface area contributed by atoms with Crippen molar-refractivity contribution in [3.05, 3.63) is 0 Å². The SMILES string of the molecule is CCCNC(=O)CCNC(=O)C(C)N. The second kappa shape index (κ2) is 7.32. The average molecular weight is 201 g/mol. The molecule has 0 aliphatic heterocycles. The Hall–Kier alpha value is -1.10. The van der Waals surface area contributed by atoms with E-state index in [2.05, 4.69) is 10.6 Å². The topological polar surface area (TPSA) is 84.2 Å². The van der Waals surface area contributed by atoms with Crippen LogP contribution in [0, 0.1) is 0 Å². The highest BCUT2D eigenvalue weighted by Crippen LogP contribution is 1.81. The lowest BCUT2D eigenvalue weighted by Gasteiger charge is -2.07. The number of hydrogen-bond donors (Lipinski definition) is 3. The Kier molecular flexibility index (Phi) is 6.74. The first-order valence-electron chi connectivity index (χ1n) is 4.88. The first-order chi connectivity index (χ1) is 6.57. The van der Waals surface area contributed by atoms with Crippen molar-refractivity contribution in [2.24, 2.45) is 5.73 Å². The highest BCUT2D eigenvalue weighted by atomic mass is 16.2. The molecule has 1 atom stereocenters. The van der Waals surface area contributed by atoms with E-state index >= 15 is 0 Å². The second-order valence-corrected chi connectivity index (χ2v) is 3.18. The molecule has 0 aliphatic rings. The van der Waals surface area contributed by atoms with Crippen LogP contribution < -0.4 is 16.4 Å². The zero-order valence-corrected chi connectivity index (χ0v) is 8.80. The fourth-order valence-corrected chi connectivity index (χ4v) is 0.813. The van der Waals surface area contributed by atoms with Crippen molar-refractivity contribution in [1.29, 1.82) is 0 Å². The number of rotatable bonds is 6. The highest BCUT2D eigenvalue weighted by Gasteiger charge is 2.06. The molecule has 2 amide bonds. The van der Waals surface area contributed by atoms with Crippen molar-refractivity contribution in [3.63, 3.8) is 0 Å². The Bertz CT molecular complexity index is 192. The van der Waals surface area contributed by atoms with Gasteiger partial charge in [-0.25, -0.2) is 0 Å². The molecule has 0 bridgehead atoms. The van der Waals surface area contributed by atoms with Crippen molar-refractivity contribution in [3.8, 4) is 0 Å². The molecule has 0 aromatic heterocycles. The normalized spacial score (nSPS) is 11.9. The highest BCUT2D eigenvalue weighted by molar-refractivity contribution is 5.82. The van der Waals surface area contributed by atoms with Crippen LogP contribution >= 0.6 is 0 Å². The minimum absolute atomic E-state index is 0.0446. The average Bonchev–Trinajstić information content (AvgIpc) is 2.14. The molecule has 0 aromatic rings. The molecule has 0 saturated carbocycles. The molecule has 82 valence electrons. The Morgan fingerprint density at radius 2 is 1.93 bits per heavy atom. The summed E-state index contributed by atoms with van der Waals surface area (Å²) in [6.45, 7) is 4.61. The Labute approximate surface area is 84.4 Å².